The van der Waals surface area contributed by atoms with Crippen LogP contribution in [0.4, 0.5) is 0 Å². The third-order valence-electron chi connectivity index (χ3n) is 3.88. The first-order valence-corrected chi connectivity index (χ1v) is 8.52. The van der Waals surface area contributed by atoms with Gasteiger partial charge in [0.1, 0.15) is 18.1 Å². The number of hydrazone groups is 1. The van der Waals surface area contributed by atoms with Crippen LogP contribution in [0.25, 0.3) is 0 Å². The molecule has 0 unspecified atom stereocenters. The Morgan fingerprint density at radius 1 is 1.07 bits per heavy atom. The van der Waals surface area contributed by atoms with Gasteiger partial charge in [-0.05, 0) is 59.7 Å². The van der Waals surface area contributed by atoms with Gasteiger partial charge in [-0.15, -0.1) is 0 Å². The number of benzene rings is 2. The molecule has 0 saturated heterocycles. The standard InChI is InChI=1S/C21H19N3O4/c1-27-21(26)17-8-4-16(5-9-17)14-28-18-10-6-15(7-11-18)13-23-24-20(25)19-3-2-12-22-19/h2-13,22H,14H2,1H3,(H,24,25)/b23-13-. The molecule has 3 rings (SSSR count). The molecule has 0 fully saturated rings. The van der Waals surface area contributed by atoms with Gasteiger partial charge in [-0.3, -0.25) is 4.79 Å². The highest BCUT2D eigenvalue weighted by Gasteiger charge is 2.05. The summed E-state index contributed by atoms with van der Waals surface area (Å²) in [4.78, 5) is 26.0. The van der Waals surface area contributed by atoms with E-state index in [0.717, 1.165) is 11.1 Å². The second kappa shape index (κ2) is 9.18. The number of aromatic nitrogens is 1. The number of amides is 1. The van der Waals surface area contributed by atoms with Gasteiger partial charge in [0.25, 0.3) is 5.91 Å². The second-order valence-corrected chi connectivity index (χ2v) is 5.83. The number of rotatable bonds is 7. The number of carbonyl (C=O) groups excluding carboxylic acids is 2. The quantitative estimate of drug-likeness (QED) is 0.376. The highest BCUT2D eigenvalue weighted by Crippen LogP contribution is 2.14. The minimum Gasteiger partial charge on any atom is -0.489 e. The van der Waals surface area contributed by atoms with Gasteiger partial charge in [0.2, 0.25) is 0 Å². The van der Waals surface area contributed by atoms with Gasteiger partial charge in [-0.1, -0.05) is 12.1 Å². The van der Waals surface area contributed by atoms with Crippen LogP contribution in [0.5, 0.6) is 5.75 Å². The van der Waals surface area contributed by atoms with Crippen molar-refractivity contribution in [2.45, 2.75) is 6.61 Å². The number of ether oxygens (including phenoxy) is 2. The number of hydrogen-bond acceptors (Lipinski definition) is 5. The van der Waals surface area contributed by atoms with Gasteiger partial charge < -0.3 is 14.5 Å². The van der Waals surface area contributed by atoms with Crippen LogP contribution in [0.15, 0.2) is 72.0 Å². The molecule has 1 aromatic heterocycles. The third kappa shape index (κ3) is 5.07. The van der Waals surface area contributed by atoms with E-state index < -0.39 is 0 Å². The van der Waals surface area contributed by atoms with Crippen molar-refractivity contribution in [1.82, 2.24) is 10.4 Å². The van der Waals surface area contributed by atoms with E-state index in [4.69, 9.17) is 4.74 Å². The van der Waals surface area contributed by atoms with Crippen molar-refractivity contribution >= 4 is 18.1 Å². The summed E-state index contributed by atoms with van der Waals surface area (Å²) >= 11 is 0. The zero-order valence-corrected chi connectivity index (χ0v) is 15.2. The van der Waals surface area contributed by atoms with E-state index >= 15 is 0 Å². The summed E-state index contributed by atoms with van der Waals surface area (Å²) in [5.74, 6) is 0.0258. The van der Waals surface area contributed by atoms with E-state index in [2.05, 4.69) is 20.2 Å². The van der Waals surface area contributed by atoms with Crippen molar-refractivity contribution in [2.75, 3.05) is 7.11 Å². The van der Waals surface area contributed by atoms with Crippen LogP contribution in [0.2, 0.25) is 0 Å². The van der Waals surface area contributed by atoms with Gasteiger partial charge >= 0.3 is 5.97 Å². The van der Waals surface area contributed by atoms with Gasteiger partial charge in [-0.25, -0.2) is 10.2 Å². The second-order valence-electron chi connectivity index (χ2n) is 5.83. The highest BCUT2D eigenvalue weighted by atomic mass is 16.5. The maximum absolute atomic E-state index is 11.7. The predicted octanol–water partition coefficient (Wildman–Crippen LogP) is 3.14. The largest absolute Gasteiger partial charge is 0.489 e. The zero-order valence-electron chi connectivity index (χ0n) is 15.2. The number of esters is 1. The third-order valence-corrected chi connectivity index (χ3v) is 3.88. The number of H-pyrrole nitrogens is 1. The molecule has 0 aliphatic heterocycles. The summed E-state index contributed by atoms with van der Waals surface area (Å²) in [6, 6.07) is 17.7. The molecule has 28 heavy (non-hydrogen) atoms. The topological polar surface area (TPSA) is 92.8 Å². The Labute approximate surface area is 162 Å². The van der Waals surface area contributed by atoms with Gasteiger partial charge in [0.05, 0.1) is 18.9 Å². The van der Waals surface area contributed by atoms with E-state index in [1.807, 2.05) is 36.4 Å². The van der Waals surface area contributed by atoms with Crippen LogP contribution in [0.3, 0.4) is 0 Å². The first kappa shape index (κ1) is 18.9. The molecule has 1 heterocycles. The zero-order chi connectivity index (χ0) is 19.8. The van der Waals surface area contributed by atoms with Crippen molar-refractivity contribution in [3.8, 4) is 5.75 Å². The fraction of sp³-hybridized carbons (Fsp3) is 0.0952. The smallest absolute Gasteiger partial charge is 0.337 e. The lowest BCUT2D eigenvalue weighted by Gasteiger charge is -2.07. The number of hydrogen-bond donors (Lipinski definition) is 2. The van der Waals surface area contributed by atoms with E-state index in [1.165, 1.54) is 7.11 Å². The van der Waals surface area contributed by atoms with Crippen molar-refractivity contribution in [3.63, 3.8) is 0 Å². The normalized spacial score (nSPS) is 10.6. The monoisotopic (exact) mass is 377 g/mol. The van der Waals surface area contributed by atoms with Gasteiger partial charge in [0, 0.05) is 6.20 Å². The molecule has 0 aliphatic carbocycles. The Balaban J connectivity index is 1.49. The van der Waals surface area contributed by atoms with E-state index in [1.54, 1.807) is 36.7 Å². The summed E-state index contributed by atoms with van der Waals surface area (Å²) in [6.07, 6.45) is 3.22. The predicted molar refractivity (Wildman–Crippen MR) is 104 cm³/mol. The molecule has 2 aromatic carbocycles. The van der Waals surface area contributed by atoms with Gasteiger partial charge in [0.15, 0.2) is 0 Å². The van der Waals surface area contributed by atoms with E-state index in [-0.39, 0.29) is 11.9 Å². The molecule has 0 aliphatic rings. The summed E-state index contributed by atoms with van der Waals surface area (Å²) in [7, 11) is 1.35. The van der Waals surface area contributed by atoms with Crippen molar-refractivity contribution in [1.29, 1.82) is 0 Å². The lowest BCUT2D eigenvalue weighted by Crippen LogP contribution is -2.17. The minimum absolute atomic E-state index is 0.306. The molecule has 142 valence electrons. The number of carbonyl (C=O) groups is 2. The Kier molecular flexibility index (Phi) is 6.20. The summed E-state index contributed by atoms with van der Waals surface area (Å²) < 4.78 is 10.4. The van der Waals surface area contributed by atoms with Crippen LogP contribution in [0, 0.1) is 0 Å². The molecule has 2 N–H and O–H groups in total. The first-order chi connectivity index (χ1) is 13.7. The summed E-state index contributed by atoms with van der Waals surface area (Å²) in [5, 5.41) is 3.93. The molecular weight excluding hydrogens is 358 g/mol. The van der Waals surface area contributed by atoms with Crippen molar-refractivity contribution in [2.24, 2.45) is 5.10 Å². The van der Waals surface area contributed by atoms with Crippen LogP contribution in [0.1, 0.15) is 32.0 Å². The number of aromatic amines is 1. The van der Waals surface area contributed by atoms with Crippen LogP contribution in [-0.2, 0) is 11.3 Å². The molecule has 0 radical (unpaired) electrons. The van der Waals surface area contributed by atoms with Crippen molar-refractivity contribution < 1.29 is 19.1 Å². The Morgan fingerprint density at radius 2 is 1.82 bits per heavy atom. The van der Waals surface area contributed by atoms with E-state index in [9.17, 15) is 9.59 Å². The number of nitrogens with one attached hydrogen (secondary N) is 2. The number of methoxy groups -OCH3 is 1. The fourth-order valence-corrected chi connectivity index (χ4v) is 2.37. The molecule has 0 spiro atoms. The maximum Gasteiger partial charge on any atom is 0.337 e. The Hall–Kier alpha value is -3.87. The van der Waals surface area contributed by atoms with Crippen LogP contribution in [-0.4, -0.2) is 30.2 Å². The molecular formula is C21H19N3O4. The van der Waals surface area contributed by atoms with Crippen LogP contribution < -0.4 is 10.2 Å². The maximum atomic E-state index is 11.7. The molecule has 7 nitrogen and oxygen atoms in total. The highest BCUT2D eigenvalue weighted by molar-refractivity contribution is 5.93. The number of nitrogens with zero attached hydrogens (tertiary/aromatic N) is 1. The molecule has 7 heteroatoms. The van der Waals surface area contributed by atoms with Gasteiger partial charge in [-0.2, -0.15) is 5.10 Å². The first-order valence-electron chi connectivity index (χ1n) is 8.52. The fourth-order valence-electron chi connectivity index (χ4n) is 2.37. The molecule has 3 aromatic rings. The Bertz CT molecular complexity index is 946. The average Bonchev–Trinajstić information content (AvgIpc) is 3.28. The van der Waals surface area contributed by atoms with Crippen molar-refractivity contribution in [3.05, 3.63) is 89.2 Å². The average molecular weight is 377 g/mol. The molecule has 1 amide bonds. The molecule has 0 atom stereocenters. The lowest BCUT2D eigenvalue weighted by molar-refractivity contribution is 0.0600. The minimum atomic E-state index is -0.367. The Morgan fingerprint density at radius 3 is 2.46 bits per heavy atom. The lowest BCUT2D eigenvalue weighted by atomic mass is 10.1. The summed E-state index contributed by atoms with van der Waals surface area (Å²) in [5.41, 5.74) is 5.15. The summed E-state index contributed by atoms with van der Waals surface area (Å²) in [6.45, 7) is 0.376. The van der Waals surface area contributed by atoms with E-state index in [0.29, 0.717) is 23.6 Å². The molecule has 0 bridgehead atoms. The molecule has 0 saturated carbocycles. The van der Waals surface area contributed by atoms with Crippen LogP contribution >= 0.6 is 0 Å². The SMILES string of the molecule is COC(=O)c1ccc(COc2ccc(/C=N\NC(=O)c3ccc[nH]3)cc2)cc1.